The summed E-state index contributed by atoms with van der Waals surface area (Å²) in [4.78, 5) is 25.6. The molecule has 1 aliphatic heterocycles. The van der Waals surface area contributed by atoms with Crippen LogP contribution >= 0.6 is 63.7 Å². The van der Waals surface area contributed by atoms with E-state index in [1.54, 1.807) is 30.3 Å². The minimum atomic E-state index is -0.627. The average Bonchev–Trinajstić information content (AvgIpc) is 2.79. The van der Waals surface area contributed by atoms with Gasteiger partial charge in [-0.2, -0.15) is 0 Å². The first-order valence-electron chi connectivity index (χ1n) is 9.09. The summed E-state index contributed by atoms with van der Waals surface area (Å²) >= 11 is 13.4. The van der Waals surface area contributed by atoms with Crippen molar-refractivity contribution in [2.45, 2.75) is 0 Å². The molecule has 0 saturated heterocycles. The first-order chi connectivity index (χ1) is 15.3. The van der Waals surface area contributed by atoms with E-state index in [1.807, 2.05) is 6.07 Å². The summed E-state index contributed by atoms with van der Waals surface area (Å²) in [5, 5.41) is 19.9. The second-order valence-corrected chi connectivity index (χ2v) is 9.90. The van der Waals surface area contributed by atoms with Crippen LogP contribution in [0.1, 0.15) is 10.4 Å². The average molecular weight is 692 g/mol. The summed E-state index contributed by atoms with van der Waals surface area (Å²) in [5.41, 5.74) is 1.69. The number of benzene rings is 3. The number of aliphatic hydroxyl groups is 1. The molecule has 1 aliphatic carbocycles. The zero-order valence-electron chi connectivity index (χ0n) is 15.9. The van der Waals surface area contributed by atoms with Gasteiger partial charge in [-0.05, 0) is 87.5 Å². The Balaban J connectivity index is 2.11. The Morgan fingerprint density at radius 2 is 1.72 bits per heavy atom. The van der Waals surface area contributed by atoms with E-state index in [-0.39, 0.29) is 44.7 Å². The van der Waals surface area contributed by atoms with E-state index in [0.29, 0.717) is 36.6 Å². The van der Waals surface area contributed by atoms with Crippen LogP contribution in [0.15, 0.2) is 63.5 Å². The van der Waals surface area contributed by atoms with Crippen molar-refractivity contribution in [3.8, 4) is 28.2 Å². The van der Waals surface area contributed by atoms with E-state index < -0.39 is 5.97 Å². The lowest BCUT2D eigenvalue weighted by Crippen LogP contribution is -2.13. The Labute approximate surface area is 215 Å². The lowest BCUT2D eigenvalue weighted by atomic mass is 9.92. The molecule has 6 nitrogen and oxygen atoms in total. The quantitative estimate of drug-likeness (QED) is 0.188. The number of fused-ring (bicyclic) bond motifs is 2. The molecule has 4 rings (SSSR count). The molecule has 0 bridgehead atoms. The van der Waals surface area contributed by atoms with E-state index in [2.05, 4.69) is 63.7 Å². The Kier molecular flexibility index (Phi) is 6.78. The molecule has 2 aliphatic rings. The fourth-order valence-electron chi connectivity index (χ4n) is 3.34. The van der Waals surface area contributed by atoms with Gasteiger partial charge in [-0.1, -0.05) is 18.2 Å². The minimum Gasteiger partial charge on any atom is -0.505 e. The Bertz CT molecular complexity index is 1410. The highest BCUT2D eigenvalue weighted by atomic mass is 79.9. The molecule has 2 aromatic carbocycles. The van der Waals surface area contributed by atoms with Crippen LogP contribution in [-0.2, 0) is 4.74 Å². The predicted octanol–water partition coefficient (Wildman–Crippen LogP) is 6.47. The Morgan fingerprint density at radius 3 is 2.44 bits per heavy atom. The number of hydrogen-bond acceptors (Lipinski definition) is 6. The van der Waals surface area contributed by atoms with Gasteiger partial charge in [0.25, 0.3) is 0 Å². The summed E-state index contributed by atoms with van der Waals surface area (Å²) in [6, 6.07) is 10.2. The number of hydrogen-bond donors (Lipinski definition) is 2. The van der Waals surface area contributed by atoms with Crippen LogP contribution < -0.4 is 5.43 Å². The maximum absolute atomic E-state index is 13.0. The highest BCUT2D eigenvalue weighted by molar-refractivity contribution is 9.11. The molecule has 164 valence electrons. The lowest BCUT2D eigenvalue weighted by molar-refractivity contribution is 0.0434. The second-order valence-electron chi connectivity index (χ2n) is 6.67. The van der Waals surface area contributed by atoms with Crippen molar-refractivity contribution in [2.24, 2.45) is 0 Å². The molecule has 0 amide bonds. The molecule has 0 unspecified atom stereocenters. The first kappa shape index (κ1) is 23.4. The molecular formula is C22H12Br4O6. The van der Waals surface area contributed by atoms with Crippen LogP contribution in [0.5, 0.6) is 5.75 Å². The summed E-state index contributed by atoms with van der Waals surface area (Å²) < 4.78 is 12.4. The SMILES string of the molecule is O=C(OCCO)c1ccccc1-c1c2cc3cc(Br)c(O)c(Br)c3oc-2c(Br)c(=O)c1Br. The third-order valence-electron chi connectivity index (χ3n) is 4.75. The van der Waals surface area contributed by atoms with E-state index in [9.17, 15) is 14.7 Å². The van der Waals surface area contributed by atoms with Crippen molar-refractivity contribution in [3.05, 3.63) is 70.1 Å². The largest absolute Gasteiger partial charge is 0.505 e. The molecule has 1 heterocycles. The molecular weight excluding hydrogens is 680 g/mol. The summed E-state index contributed by atoms with van der Waals surface area (Å²) in [5.74, 6) is -0.409. The molecule has 10 heteroatoms. The highest BCUT2D eigenvalue weighted by Crippen LogP contribution is 2.47. The minimum absolute atomic E-state index is 0.0339. The molecule has 0 atom stereocenters. The van der Waals surface area contributed by atoms with Gasteiger partial charge in [-0.15, -0.1) is 0 Å². The number of ether oxygens (including phenoxy) is 1. The molecule has 0 saturated carbocycles. The van der Waals surface area contributed by atoms with Crippen molar-refractivity contribution in [2.75, 3.05) is 13.2 Å². The van der Waals surface area contributed by atoms with E-state index in [4.69, 9.17) is 14.3 Å². The smallest absolute Gasteiger partial charge is 0.338 e. The van der Waals surface area contributed by atoms with Crippen LogP contribution in [0.4, 0.5) is 0 Å². The molecule has 32 heavy (non-hydrogen) atoms. The van der Waals surface area contributed by atoms with Gasteiger partial charge in [0, 0.05) is 16.5 Å². The normalized spacial score (nSPS) is 11.3. The monoisotopic (exact) mass is 688 g/mol. The van der Waals surface area contributed by atoms with Gasteiger partial charge in [0.15, 0.2) is 11.3 Å². The number of phenolic OH excluding ortho intramolecular Hbond substituents is 1. The van der Waals surface area contributed by atoms with Crippen LogP contribution in [0, 0.1) is 0 Å². The maximum Gasteiger partial charge on any atom is 0.338 e. The number of carbonyl (C=O) groups is 1. The Hall–Kier alpha value is -1.72. The highest BCUT2D eigenvalue weighted by Gasteiger charge is 2.27. The fraction of sp³-hybridized carbons (Fsp3) is 0.0909. The first-order valence-corrected chi connectivity index (χ1v) is 12.3. The number of carbonyl (C=O) groups excluding carboxylic acids is 1. The van der Waals surface area contributed by atoms with Gasteiger partial charge in [0.1, 0.15) is 21.3 Å². The third kappa shape index (κ3) is 3.92. The van der Waals surface area contributed by atoms with Crippen molar-refractivity contribution >= 4 is 80.7 Å². The van der Waals surface area contributed by atoms with Gasteiger partial charge in [-0.25, -0.2) is 4.79 Å². The van der Waals surface area contributed by atoms with E-state index in [1.165, 1.54) is 0 Å². The van der Waals surface area contributed by atoms with Crippen LogP contribution in [0.3, 0.4) is 0 Å². The van der Waals surface area contributed by atoms with Gasteiger partial charge < -0.3 is 19.4 Å². The Morgan fingerprint density at radius 1 is 1.00 bits per heavy atom. The molecule has 0 spiro atoms. The molecule has 0 radical (unpaired) electrons. The zero-order valence-corrected chi connectivity index (χ0v) is 22.3. The summed E-state index contributed by atoms with van der Waals surface area (Å²) in [6.07, 6.45) is 0. The number of phenols is 1. The predicted molar refractivity (Wildman–Crippen MR) is 134 cm³/mol. The van der Waals surface area contributed by atoms with Crippen molar-refractivity contribution in [1.82, 2.24) is 0 Å². The van der Waals surface area contributed by atoms with Crippen LogP contribution in [0.2, 0.25) is 0 Å². The third-order valence-corrected chi connectivity index (χ3v) is 7.57. The molecule has 2 aromatic rings. The van der Waals surface area contributed by atoms with Gasteiger partial charge in [0.05, 0.1) is 21.1 Å². The molecule has 0 fully saturated rings. The second kappa shape index (κ2) is 9.26. The van der Waals surface area contributed by atoms with Crippen LogP contribution in [-0.4, -0.2) is 29.4 Å². The van der Waals surface area contributed by atoms with E-state index in [0.717, 1.165) is 0 Å². The van der Waals surface area contributed by atoms with Crippen molar-refractivity contribution in [1.29, 1.82) is 0 Å². The standard InChI is InChI=1S/C22H12Br4O6/c23-13-8-9-7-12-14(10-3-1-2-4-11(10)22(30)31-6-5-27)15(24)19(29)17(26)21(12)32-20(9)16(25)18(13)28/h1-4,7-8,27-28H,5-6H2. The van der Waals surface area contributed by atoms with Crippen LogP contribution in [0.25, 0.3) is 33.4 Å². The number of esters is 1. The van der Waals surface area contributed by atoms with Crippen molar-refractivity contribution in [3.63, 3.8) is 0 Å². The zero-order chi connectivity index (χ0) is 23.2. The van der Waals surface area contributed by atoms with Gasteiger partial charge >= 0.3 is 5.97 Å². The molecule has 2 N–H and O–H groups in total. The molecule has 0 aromatic heterocycles. The number of halogens is 4. The summed E-state index contributed by atoms with van der Waals surface area (Å²) in [7, 11) is 0. The number of aromatic hydroxyl groups is 1. The van der Waals surface area contributed by atoms with Gasteiger partial charge in [0.2, 0.25) is 5.43 Å². The van der Waals surface area contributed by atoms with Crippen molar-refractivity contribution < 1.29 is 24.2 Å². The topological polar surface area (TPSA) is 97.0 Å². The maximum atomic E-state index is 13.0. The number of aliphatic hydroxyl groups excluding tert-OH is 1. The summed E-state index contributed by atoms with van der Waals surface area (Å²) in [6.45, 7) is -0.446. The number of rotatable bonds is 4. The fourth-order valence-corrected chi connectivity index (χ4v) is 5.96. The lowest BCUT2D eigenvalue weighted by Gasteiger charge is -2.18. The van der Waals surface area contributed by atoms with Gasteiger partial charge in [-0.3, -0.25) is 4.79 Å². The van der Waals surface area contributed by atoms with E-state index >= 15 is 0 Å².